The molecule has 3 heteroatoms. The zero-order valence-electron chi connectivity index (χ0n) is 10.9. The molecule has 0 aliphatic rings. The molecule has 3 N–H and O–H groups in total. The van der Waals surface area contributed by atoms with Crippen LogP contribution in [0.2, 0.25) is 0 Å². The van der Waals surface area contributed by atoms with E-state index < -0.39 is 0 Å². The Hall–Kier alpha value is -1.35. The van der Waals surface area contributed by atoms with Crippen molar-refractivity contribution in [3.05, 3.63) is 29.8 Å². The maximum Gasteiger partial charge on any atom is 0.228 e. The van der Waals surface area contributed by atoms with Crippen LogP contribution in [0.3, 0.4) is 0 Å². The van der Waals surface area contributed by atoms with E-state index in [1.807, 2.05) is 31.2 Å². The lowest BCUT2D eigenvalue weighted by Gasteiger charge is -2.17. The first-order valence-electron chi connectivity index (χ1n) is 6.20. The van der Waals surface area contributed by atoms with Crippen LogP contribution in [-0.2, 0) is 4.79 Å². The number of benzene rings is 1. The van der Waals surface area contributed by atoms with Gasteiger partial charge in [0, 0.05) is 12.2 Å². The Morgan fingerprint density at radius 2 is 2.00 bits per heavy atom. The molecule has 1 atom stereocenters. The van der Waals surface area contributed by atoms with Crippen LogP contribution in [0.5, 0.6) is 0 Å². The second-order valence-corrected chi connectivity index (χ2v) is 4.57. The highest BCUT2D eigenvalue weighted by atomic mass is 16.1. The normalized spacial score (nSPS) is 12.5. The van der Waals surface area contributed by atoms with Gasteiger partial charge in [-0.1, -0.05) is 39.0 Å². The minimum atomic E-state index is -0.102. The predicted octanol–water partition coefficient (Wildman–Crippen LogP) is 2.73. The fourth-order valence-electron chi connectivity index (χ4n) is 1.81. The molecule has 1 amide bonds. The van der Waals surface area contributed by atoms with Gasteiger partial charge >= 0.3 is 0 Å². The smallest absolute Gasteiger partial charge is 0.228 e. The summed E-state index contributed by atoms with van der Waals surface area (Å²) in [6.07, 6.45) is 0.770. The quantitative estimate of drug-likeness (QED) is 0.823. The maximum atomic E-state index is 12.0. The average Bonchev–Trinajstić information content (AvgIpc) is 2.31. The number of amides is 1. The van der Waals surface area contributed by atoms with Crippen molar-refractivity contribution in [3.63, 3.8) is 0 Å². The standard InChI is InChI=1S/C14H22N2O/c1-4-11(9-15)14(17)16-13-8-6-5-7-12(13)10(2)3/h5-8,10-11H,4,9,15H2,1-3H3,(H,16,17). The van der Waals surface area contributed by atoms with Gasteiger partial charge in [-0.25, -0.2) is 0 Å². The SMILES string of the molecule is CCC(CN)C(=O)Nc1ccccc1C(C)C. The molecule has 0 saturated carbocycles. The molecule has 17 heavy (non-hydrogen) atoms. The zero-order valence-corrected chi connectivity index (χ0v) is 10.9. The van der Waals surface area contributed by atoms with Crippen molar-refractivity contribution in [2.45, 2.75) is 33.1 Å². The van der Waals surface area contributed by atoms with Crippen molar-refractivity contribution in [2.75, 3.05) is 11.9 Å². The lowest BCUT2D eigenvalue weighted by atomic mass is 10.00. The Kier molecular flexibility index (Phi) is 5.16. The van der Waals surface area contributed by atoms with Gasteiger partial charge in [0.25, 0.3) is 0 Å². The van der Waals surface area contributed by atoms with Crippen molar-refractivity contribution >= 4 is 11.6 Å². The summed E-state index contributed by atoms with van der Waals surface area (Å²) >= 11 is 0. The van der Waals surface area contributed by atoms with E-state index >= 15 is 0 Å². The van der Waals surface area contributed by atoms with E-state index in [-0.39, 0.29) is 11.8 Å². The summed E-state index contributed by atoms with van der Waals surface area (Å²) in [6, 6.07) is 7.91. The third-order valence-electron chi connectivity index (χ3n) is 2.99. The number of rotatable bonds is 5. The van der Waals surface area contributed by atoms with Gasteiger partial charge in [0.1, 0.15) is 0 Å². The molecule has 0 saturated heterocycles. The molecule has 0 aromatic heterocycles. The van der Waals surface area contributed by atoms with Gasteiger partial charge < -0.3 is 11.1 Å². The zero-order chi connectivity index (χ0) is 12.8. The van der Waals surface area contributed by atoms with Gasteiger partial charge in [0.2, 0.25) is 5.91 Å². The number of hydrogen-bond acceptors (Lipinski definition) is 2. The molecule has 0 spiro atoms. The third-order valence-corrected chi connectivity index (χ3v) is 2.99. The van der Waals surface area contributed by atoms with Gasteiger partial charge in [0.15, 0.2) is 0 Å². The second kappa shape index (κ2) is 6.40. The molecular weight excluding hydrogens is 212 g/mol. The maximum absolute atomic E-state index is 12.0. The van der Waals surface area contributed by atoms with Gasteiger partial charge in [-0.2, -0.15) is 0 Å². The van der Waals surface area contributed by atoms with E-state index in [2.05, 4.69) is 19.2 Å². The van der Waals surface area contributed by atoms with Gasteiger partial charge in [-0.05, 0) is 24.0 Å². The Morgan fingerprint density at radius 1 is 1.35 bits per heavy atom. The average molecular weight is 234 g/mol. The first-order chi connectivity index (χ1) is 8.10. The van der Waals surface area contributed by atoms with E-state index in [9.17, 15) is 4.79 Å². The molecule has 0 heterocycles. The number of carbonyl (C=O) groups excluding carboxylic acids is 1. The number of hydrogen-bond donors (Lipinski definition) is 2. The van der Waals surface area contributed by atoms with Crippen molar-refractivity contribution in [1.82, 2.24) is 0 Å². The van der Waals surface area contributed by atoms with Crippen molar-refractivity contribution in [1.29, 1.82) is 0 Å². The molecule has 0 aliphatic carbocycles. The second-order valence-electron chi connectivity index (χ2n) is 4.57. The molecule has 1 aromatic rings. The number of nitrogens with two attached hydrogens (primary N) is 1. The van der Waals surface area contributed by atoms with E-state index in [4.69, 9.17) is 5.73 Å². The molecule has 1 rings (SSSR count). The first kappa shape index (κ1) is 13.7. The highest BCUT2D eigenvalue weighted by molar-refractivity contribution is 5.93. The van der Waals surface area contributed by atoms with Gasteiger partial charge in [-0.15, -0.1) is 0 Å². The fourth-order valence-corrected chi connectivity index (χ4v) is 1.81. The number of para-hydroxylation sites is 1. The molecule has 0 radical (unpaired) electrons. The van der Waals surface area contributed by atoms with Crippen LogP contribution in [0.1, 0.15) is 38.7 Å². The summed E-state index contributed by atoms with van der Waals surface area (Å²) in [4.78, 5) is 12.0. The summed E-state index contributed by atoms with van der Waals surface area (Å²) in [6.45, 7) is 6.61. The van der Waals surface area contributed by atoms with Crippen LogP contribution < -0.4 is 11.1 Å². The molecule has 3 nitrogen and oxygen atoms in total. The molecule has 1 aromatic carbocycles. The lowest BCUT2D eigenvalue weighted by Crippen LogP contribution is -2.29. The number of carbonyl (C=O) groups is 1. The summed E-state index contributed by atoms with van der Waals surface area (Å²) in [5, 5.41) is 2.97. The van der Waals surface area contributed by atoms with Crippen molar-refractivity contribution < 1.29 is 4.79 Å². The summed E-state index contributed by atoms with van der Waals surface area (Å²) in [5.74, 6) is 0.308. The summed E-state index contributed by atoms with van der Waals surface area (Å²) in [5.41, 5.74) is 7.64. The Bertz CT molecular complexity index is 370. The summed E-state index contributed by atoms with van der Waals surface area (Å²) in [7, 11) is 0. The van der Waals surface area contributed by atoms with Crippen LogP contribution >= 0.6 is 0 Å². The lowest BCUT2D eigenvalue weighted by molar-refractivity contribution is -0.119. The topological polar surface area (TPSA) is 55.1 Å². The fraction of sp³-hybridized carbons (Fsp3) is 0.500. The highest BCUT2D eigenvalue weighted by Crippen LogP contribution is 2.24. The number of anilines is 1. The van der Waals surface area contributed by atoms with Crippen molar-refractivity contribution in [2.24, 2.45) is 11.7 Å². The van der Waals surface area contributed by atoms with Crippen molar-refractivity contribution in [3.8, 4) is 0 Å². The molecule has 0 bridgehead atoms. The minimum Gasteiger partial charge on any atom is -0.330 e. The van der Waals surface area contributed by atoms with E-state index in [1.54, 1.807) is 0 Å². The highest BCUT2D eigenvalue weighted by Gasteiger charge is 2.16. The first-order valence-corrected chi connectivity index (χ1v) is 6.20. The predicted molar refractivity (Wildman–Crippen MR) is 72.0 cm³/mol. The molecule has 94 valence electrons. The summed E-state index contributed by atoms with van der Waals surface area (Å²) < 4.78 is 0. The monoisotopic (exact) mass is 234 g/mol. The largest absolute Gasteiger partial charge is 0.330 e. The Morgan fingerprint density at radius 3 is 2.53 bits per heavy atom. The molecule has 0 fully saturated rings. The van der Waals surface area contributed by atoms with E-state index in [0.717, 1.165) is 17.7 Å². The van der Waals surface area contributed by atoms with E-state index in [0.29, 0.717) is 12.5 Å². The third kappa shape index (κ3) is 3.56. The Balaban J connectivity index is 2.84. The van der Waals surface area contributed by atoms with Gasteiger partial charge in [0.05, 0.1) is 5.92 Å². The van der Waals surface area contributed by atoms with Crippen LogP contribution in [0.4, 0.5) is 5.69 Å². The number of nitrogens with one attached hydrogen (secondary N) is 1. The van der Waals surface area contributed by atoms with Crippen LogP contribution in [0.15, 0.2) is 24.3 Å². The minimum absolute atomic E-state index is 0.0168. The van der Waals surface area contributed by atoms with Crippen LogP contribution in [0.25, 0.3) is 0 Å². The van der Waals surface area contributed by atoms with Crippen LogP contribution in [-0.4, -0.2) is 12.5 Å². The molecular formula is C14H22N2O. The molecule has 0 aliphatic heterocycles. The Labute approximate surface area is 103 Å². The molecule has 1 unspecified atom stereocenters. The van der Waals surface area contributed by atoms with Gasteiger partial charge in [-0.3, -0.25) is 4.79 Å². The van der Waals surface area contributed by atoms with Crippen LogP contribution in [0, 0.1) is 5.92 Å². The van der Waals surface area contributed by atoms with E-state index in [1.165, 1.54) is 0 Å².